The zero-order valence-electron chi connectivity index (χ0n) is 12.0. The van der Waals surface area contributed by atoms with E-state index < -0.39 is 0 Å². The van der Waals surface area contributed by atoms with Crippen LogP contribution in [0.1, 0.15) is 30.4 Å². The van der Waals surface area contributed by atoms with Gasteiger partial charge in [-0.25, -0.2) is 0 Å². The molecule has 0 radical (unpaired) electrons. The van der Waals surface area contributed by atoms with Crippen LogP contribution in [-0.4, -0.2) is 30.4 Å². The van der Waals surface area contributed by atoms with Crippen molar-refractivity contribution in [2.24, 2.45) is 5.92 Å². The predicted octanol–water partition coefficient (Wildman–Crippen LogP) is 2.38. The van der Waals surface area contributed by atoms with Gasteiger partial charge in [-0.2, -0.15) is 0 Å². The summed E-state index contributed by atoms with van der Waals surface area (Å²) in [7, 11) is 1.95. The van der Waals surface area contributed by atoms with Gasteiger partial charge < -0.3 is 10.2 Å². The van der Waals surface area contributed by atoms with E-state index in [4.69, 9.17) is 0 Å². The second-order valence-corrected chi connectivity index (χ2v) is 5.92. The molecule has 20 heavy (non-hydrogen) atoms. The lowest BCUT2D eigenvalue weighted by molar-refractivity contribution is -0.133. The predicted molar refractivity (Wildman–Crippen MR) is 83.0 cm³/mol. The van der Waals surface area contributed by atoms with Crippen LogP contribution in [0.15, 0.2) is 24.3 Å². The average Bonchev–Trinajstić information content (AvgIpc) is 2.41. The molecule has 1 N–H and O–H groups in total. The van der Waals surface area contributed by atoms with Gasteiger partial charge in [0.25, 0.3) is 0 Å². The lowest BCUT2D eigenvalue weighted by atomic mass is 9.85. The molecule has 0 spiro atoms. The molecule has 1 heterocycles. The molecule has 1 aromatic rings. The first-order valence-electron chi connectivity index (χ1n) is 7.29. The van der Waals surface area contributed by atoms with Gasteiger partial charge in [-0.05, 0) is 36.3 Å². The number of rotatable bonds is 3. The summed E-state index contributed by atoms with van der Waals surface area (Å²) in [5.41, 5.74) is 2.64. The highest BCUT2D eigenvalue weighted by Crippen LogP contribution is 2.27. The van der Waals surface area contributed by atoms with Crippen LogP contribution in [0.25, 0.3) is 0 Å². The summed E-state index contributed by atoms with van der Waals surface area (Å²) in [4.78, 5) is 14.4. The molecule has 1 aliphatic heterocycles. The van der Waals surface area contributed by atoms with E-state index in [1.807, 2.05) is 11.9 Å². The van der Waals surface area contributed by atoms with Crippen LogP contribution in [0.2, 0.25) is 0 Å². The molecule has 4 heteroatoms. The molecule has 2 aliphatic rings. The summed E-state index contributed by atoms with van der Waals surface area (Å²) in [6.07, 6.45) is 4.74. The monoisotopic (exact) mass is 294 g/mol. The maximum absolute atomic E-state index is 12.4. The molecule has 1 aromatic carbocycles. The van der Waals surface area contributed by atoms with Crippen LogP contribution >= 0.6 is 12.4 Å². The minimum Gasteiger partial charge on any atom is -0.344 e. The molecule has 1 aliphatic carbocycles. The van der Waals surface area contributed by atoms with E-state index in [0.29, 0.717) is 0 Å². The van der Waals surface area contributed by atoms with Gasteiger partial charge in [-0.1, -0.05) is 30.7 Å². The number of fused-ring (bicyclic) bond motifs is 1. The van der Waals surface area contributed by atoms with Gasteiger partial charge in [0.05, 0.1) is 6.04 Å². The Morgan fingerprint density at radius 2 is 2.00 bits per heavy atom. The molecule has 110 valence electrons. The van der Waals surface area contributed by atoms with E-state index in [-0.39, 0.29) is 24.4 Å². The summed E-state index contributed by atoms with van der Waals surface area (Å²) in [5, 5.41) is 3.37. The van der Waals surface area contributed by atoms with E-state index in [1.165, 1.54) is 30.4 Å². The number of carbonyl (C=O) groups is 1. The number of carbonyl (C=O) groups excluding carboxylic acids is 1. The van der Waals surface area contributed by atoms with Gasteiger partial charge in [0.2, 0.25) is 5.91 Å². The zero-order valence-corrected chi connectivity index (χ0v) is 12.8. The molecular formula is C16H23ClN2O. The number of hydrogen-bond acceptors (Lipinski definition) is 2. The summed E-state index contributed by atoms with van der Waals surface area (Å²) < 4.78 is 0. The fourth-order valence-corrected chi connectivity index (χ4v) is 3.05. The molecule has 1 fully saturated rings. The normalized spacial score (nSPS) is 21.4. The van der Waals surface area contributed by atoms with Gasteiger partial charge in [-0.3, -0.25) is 4.79 Å². The van der Waals surface area contributed by atoms with Crippen LogP contribution < -0.4 is 5.32 Å². The van der Waals surface area contributed by atoms with E-state index in [1.54, 1.807) is 0 Å². The first-order valence-corrected chi connectivity index (χ1v) is 7.29. The first kappa shape index (κ1) is 15.3. The number of benzene rings is 1. The van der Waals surface area contributed by atoms with Gasteiger partial charge in [-0.15, -0.1) is 12.4 Å². The highest BCUT2D eigenvalue weighted by atomic mass is 35.5. The fourth-order valence-electron chi connectivity index (χ4n) is 3.05. The smallest absolute Gasteiger partial charge is 0.239 e. The largest absolute Gasteiger partial charge is 0.344 e. The summed E-state index contributed by atoms with van der Waals surface area (Å²) in [6, 6.07) is 8.36. The maximum atomic E-state index is 12.4. The fraction of sp³-hybridized carbons (Fsp3) is 0.562. The Kier molecular flexibility index (Phi) is 5.06. The van der Waals surface area contributed by atoms with Crippen molar-refractivity contribution in [3.63, 3.8) is 0 Å². The zero-order chi connectivity index (χ0) is 13.2. The topological polar surface area (TPSA) is 32.3 Å². The Bertz CT molecular complexity index is 473. The Balaban J connectivity index is 0.00000147. The summed E-state index contributed by atoms with van der Waals surface area (Å²) >= 11 is 0. The van der Waals surface area contributed by atoms with E-state index in [0.717, 1.165) is 25.4 Å². The van der Waals surface area contributed by atoms with Gasteiger partial charge in [0.1, 0.15) is 0 Å². The van der Waals surface area contributed by atoms with Crippen molar-refractivity contribution < 1.29 is 4.79 Å². The third kappa shape index (κ3) is 3.15. The number of nitrogens with zero attached hydrogens (tertiary/aromatic N) is 1. The van der Waals surface area contributed by atoms with Crippen molar-refractivity contribution in [1.29, 1.82) is 0 Å². The van der Waals surface area contributed by atoms with Crippen molar-refractivity contribution in [2.45, 2.75) is 38.3 Å². The lowest BCUT2D eigenvalue weighted by Gasteiger charge is -2.33. The molecule has 1 saturated carbocycles. The second kappa shape index (κ2) is 6.59. The summed E-state index contributed by atoms with van der Waals surface area (Å²) in [6.45, 7) is 1.74. The number of halogens is 1. The van der Waals surface area contributed by atoms with E-state index in [2.05, 4.69) is 29.6 Å². The van der Waals surface area contributed by atoms with Gasteiger partial charge >= 0.3 is 0 Å². The number of nitrogens with one attached hydrogen (secondary N) is 1. The van der Waals surface area contributed by atoms with Crippen molar-refractivity contribution in [3.05, 3.63) is 35.4 Å². The molecule has 1 atom stereocenters. The molecule has 1 amide bonds. The van der Waals surface area contributed by atoms with Crippen molar-refractivity contribution in [1.82, 2.24) is 10.2 Å². The molecule has 0 saturated heterocycles. The standard InChI is InChI=1S/C16H22N2O.ClH/c1-18(11-12-5-4-6-12)16(19)15-9-13-7-2-3-8-14(13)10-17-15;/h2-3,7-8,12,15,17H,4-6,9-11H2,1H3;1H. The lowest BCUT2D eigenvalue weighted by Crippen LogP contribution is -2.49. The quantitative estimate of drug-likeness (QED) is 0.928. The highest BCUT2D eigenvalue weighted by Gasteiger charge is 2.28. The van der Waals surface area contributed by atoms with Crippen molar-refractivity contribution in [2.75, 3.05) is 13.6 Å². The molecule has 3 nitrogen and oxygen atoms in total. The number of likely N-dealkylation sites (N-methyl/N-ethyl adjacent to an activating group) is 1. The SMILES string of the molecule is CN(CC1CCC1)C(=O)C1Cc2ccccc2CN1.Cl. The average molecular weight is 295 g/mol. The minimum atomic E-state index is -0.0417. The third-order valence-electron chi connectivity index (χ3n) is 4.51. The Hall–Kier alpha value is -1.06. The van der Waals surface area contributed by atoms with Crippen LogP contribution in [0.3, 0.4) is 0 Å². The number of hydrogen-bond donors (Lipinski definition) is 1. The van der Waals surface area contributed by atoms with Gasteiger partial charge in [0.15, 0.2) is 0 Å². The Morgan fingerprint density at radius 1 is 1.30 bits per heavy atom. The van der Waals surface area contributed by atoms with Crippen LogP contribution in [0, 0.1) is 5.92 Å². The molecule has 1 unspecified atom stereocenters. The van der Waals surface area contributed by atoms with Crippen LogP contribution in [-0.2, 0) is 17.8 Å². The van der Waals surface area contributed by atoms with Crippen LogP contribution in [0.5, 0.6) is 0 Å². The maximum Gasteiger partial charge on any atom is 0.239 e. The molecule has 0 bridgehead atoms. The van der Waals surface area contributed by atoms with E-state index in [9.17, 15) is 4.79 Å². The van der Waals surface area contributed by atoms with Gasteiger partial charge in [0, 0.05) is 20.1 Å². The second-order valence-electron chi connectivity index (χ2n) is 5.92. The van der Waals surface area contributed by atoms with Crippen molar-refractivity contribution in [3.8, 4) is 0 Å². The Morgan fingerprint density at radius 3 is 2.65 bits per heavy atom. The summed E-state index contributed by atoms with van der Waals surface area (Å²) in [5.74, 6) is 0.992. The third-order valence-corrected chi connectivity index (χ3v) is 4.51. The minimum absolute atomic E-state index is 0. The van der Waals surface area contributed by atoms with Crippen molar-refractivity contribution >= 4 is 18.3 Å². The molecular weight excluding hydrogens is 272 g/mol. The highest BCUT2D eigenvalue weighted by molar-refractivity contribution is 5.85. The van der Waals surface area contributed by atoms with E-state index >= 15 is 0 Å². The first-order chi connectivity index (χ1) is 9.24. The molecule has 0 aromatic heterocycles. The molecule has 3 rings (SSSR count). The Labute approximate surface area is 127 Å². The van der Waals surface area contributed by atoms with Crippen LogP contribution in [0.4, 0.5) is 0 Å². The number of amides is 1.